The molecule has 2 rings (SSSR count). The van der Waals surface area contributed by atoms with E-state index in [1.165, 1.54) is 0 Å². The summed E-state index contributed by atoms with van der Waals surface area (Å²) in [5.41, 5.74) is 1.59. The summed E-state index contributed by atoms with van der Waals surface area (Å²) in [4.78, 5) is 12.5. The third-order valence-corrected chi connectivity index (χ3v) is 4.30. The highest BCUT2D eigenvalue weighted by molar-refractivity contribution is 7.98. The Morgan fingerprint density at radius 3 is 2.67 bits per heavy atom. The van der Waals surface area contributed by atoms with Crippen molar-refractivity contribution in [3.05, 3.63) is 35.7 Å². The molecule has 0 radical (unpaired) electrons. The quantitative estimate of drug-likeness (QED) is 0.826. The topological polar surface area (TPSA) is 68.0 Å². The van der Waals surface area contributed by atoms with Gasteiger partial charge in [-0.25, -0.2) is 9.48 Å². The number of carboxylic acids is 1. The molecule has 0 aliphatic rings. The van der Waals surface area contributed by atoms with Crippen LogP contribution in [-0.2, 0) is 0 Å². The lowest BCUT2D eigenvalue weighted by Crippen LogP contribution is -2.11. The largest absolute Gasteiger partial charge is 0.476 e. The highest BCUT2D eigenvalue weighted by Crippen LogP contribution is 2.28. The van der Waals surface area contributed by atoms with Crippen LogP contribution < -0.4 is 0 Å². The molecule has 1 heterocycles. The second-order valence-electron chi connectivity index (χ2n) is 4.76. The molecule has 0 unspecified atom stereocenters. The van der Waals surface area contributed by atoms with Crippen molar-refractivity contribution < 1.29 is 9.90 Å². The van der Waals surface area contributed by atoms with E-state index in [0.29, 0.717) is 5.69 Å². The average molecular weight is 305 g/mol. The molecule has 112 valence electrons. The van der Waals surface area contributed by atoms with Gasteiger partial charge in [-0.15, -0.1) is 16.9 Å². The van der Waals surface area contributed by atoms with Gasteiger partial charge in [0.25, 0.3) is 0 Å². The summed E-state index contributed by atoms with van der Waals surface area (Å²) < 4.78 is 1.67. The highest BCUT2D eigenvalue weighted by Gasteiger charge is 2.25. The monoisotopic (exact) mass is 305 g/mol. The zero-order valence-electron chi connectivity index (χ0n) is 12.4. The van der Waals surface area contributed by atoms with E-state index in [4.69, 9.17) is 0 Å². The molecule has 0 saturated carbocycles. The van der Waals surface area contributed by atoms with Crippen molar-refractivity contribution in [2.75, 3.05) is 6.26 Å². The lowest BCUT2D eigenvalue weighted by molar-refractivity contribution is 0.0688. The molecule has 1 N–H and O–H groups in total. The summed E-state index contributed by atoms with van der Waals surface area (Å²) in [7, 11) is 0. The van der Waals surface area contributed by atoms with Crippen molar-refractivity contribution in [3.63, 3.8) is 0 Å². The molecule has 2 aromatic rings. The van der Waals surface area contributed by atoms with Crippen LogP contribution in [0.4, 0.5) is 0 Å². The molecule has 0 fully saturated rings. The number of aromatic carboxylic acids is 1. The van der Waals surface area contributed by atoms with Gasteiger partial charge in [0.15, 0.2) is 5.69 Å². The number of nitrogens with zero attached hydrogens (tertiary/aromatic N) is 3. The first-order chi connectivity index (χ1) is 10.1. The standard InChI is InChI=1S/C15H19N3O2S/c1-4-10(5-2)14-13(15(19)20)16-17-18(14)11-7-6-8-12(9-11)21-3/h6-10H,4-5H2,1-3H3,(H,19,20). The molecule has 0 atom stereocenters. The van der Waals surface area contributed by atoms with Gasteiger partial charge < -0.3 is 5.11 Å². The number of hydrogen-bond acceptors (Lipinski definition) is 4. The van der Waals surface area contributed by atoms with Crippen LogP contribution in [-0.4, -0.2) is 32.3 Å². The number of carboxylic acid groups (broad SMARTS) is 1. The van der Waals surface area contributed by atoms with Gasteiger partial charge >= 0.3 is 5.97 Å². The molecular formula is C15H19N3O2S. The van der Waals surface area contributed by atoms with Gasteiger partial charge in [0.05, 0.1) is 11.4 Å². The van der Waals surface area contributed by atoms with Crippen molar-refractivity contribution >= 4 is 17.7 Å². The Labute approximate surface area is 128 Å². The van der Waals surface area contributed by atoms with Crippen LogP contribution >= 0.6 is 11.8 Å². The first kappa shape index (κ1) is 15.6. The second kappa shape index (κ2) is 6.76. The zero-order valence-corrected chi connectivity index (χ0v) is 13.2. The smallest absolute Gasteiger partial charge is 0.358 e. The molecule has 1 aromatic heterocycles. The number of thioether (sulfide) groups is 1. The summed E-state index contributed by atoms with van der Waals surface area (Å²) in [6.07, 6.45) is 3.71. The van der Waals surface area contributed by atoms with Crippen molar-refractivity contribution in [1.29, 1.82) is 0 Å². The Balaban J connectivity index is 2.60. The SMILES string of the molecule is CCC(CC)c1c(C(=O)O)nnn1-c1cccc(SC)c1. The van der Waals surface area contributed by atoms with E-state index in [2.05, 4.69) is 24.2 Å². The van der Waals surface area contributed by atoms with E-state index < -0.39 is 5.97 Å². The Morgan fingerprint density at radius 2 is 2.10 bits per heavy atom. The summed E-state index contributed by atoms with van der Waals surface area (Å²) in [5, 5.41) is 17.3. The maximum atomic E-state index is 11.4. The van der Waals surface area contributed by atoms with Gasteiger partial charge in [-0.1, -0.05) is 25.1 Å². The molecule has 0 spiro atoms. The van der Waals surface area contributed by atoms with E-state index in [0.717, 1.165) is 23.4 Å². The van der Waals surface area contributed by atoms with Crippen LogP contribution in [0.3, 0.4) is 0 Å². The van der Waals surface area contributed by atoms with Gasteiger partial charge in [-0.3, -0.25) is 0 Å². The number of carbonyl (C=O) groups is 1. The number of rotatable bonds is 6. The van der Waals surface area contributed by atoms with Crippen LogP contribution in [0, 0.1) is 0 Å². The third kappa shape index (κ3) is 3.10. The molecular weight excluding hydrogens is 286 g/mol. The maximum Gasteiger partial charge on any atom is 0.358 e. The fraction of sp³-hybridized carbons (Fsp3) is 0.400. The van der Waals surface area contributed by atoms with Crippen LogP contribution in [0.5, 0.6) is 0 Å². The first-order valence-corrected chi connectivity index (χ1v) is 8.18. The lowest BCUT2D eigenvalue weighted by atomic mass is 9.97. The normalized spacial score (nSPS) is 11.0. The van der Waals surface area contributed by atoms with Crippen molar-refractivity contribution in [1.82, 2.24) is 15.0 Å². The first-order valence-electron chi connectivity index (χ1n) is 6.95. The number of hydrogen-bond donors (Lipinski definition) is 1. The van der Waals surface area contributed by atoms with E-state index >= 15 is 0 Å². The van der Waals surface area contributed by atoms with Crippen molar-refractivity contribution in [2.45, 2.75) is 37.5 Å². The Hall–Kier alpha value is -1.82. The summed E-state index contributed by atoms with van der Waals surface area (Å²) in [5.74, 6) is -0.895. The van der Waals surface area contributed by atoms with Crippen molar-refractivity contribution in [3.8, 4) is 5.69 Å². The Morgan fingerprint density at radius 1 is 1.38 bits per heavy atom. The van der Waals surface area contributed by atoms with Gasteiger partial charge in [-0.05, 0) is 37.3 Å². The van der Waals surface area contributed by atoms with Crippen LogP contribution in [0.15, 0.2) is 29.2 Å². The Kier molecular flexibility index (Phi) is 5.01. The van der Waals surface area contributed by atoms with Gasteiger partial charge in [0.2, 0.25) is 0 Å². The molecule has 0 aliphatic heterocycles. The lowest BCUT2D eigenvalue weighted by Gasteiger charge is -2.15. The fourth-order valence-corrected chi connectivity index (χ4v) is 2.87. The predicted octanol–water partition coefficient (Wildman–Crippen LogP) is 3.59. The molecule has 1 aromatic carbocycles. The molecule has 0 saturated heterocycles. The fourth-order valence-electron chi connectivity index (χ4n) is 2.42. The van der Waals surface area contributed by atoms with Crippen LogP contribution in [0.2, 0.25) is 0 Å². The third-order valence-electron chi connectivity index (χ3n) is 3.58. The predicted molar refractivity (Wildman–Crippen MR) is 83.4 cm³/mol. The van der Waals surface area contributed by atoms with Crippen LogP contribution in [0.1, 0.15) is 48.8 Å². The molecule has 0 bridgehead atoms. The molecule has 21 heavy (non-hydrogen) atoms. The van der Waals surface area contributed by atoms with Gasteiger partial charge in [-0.2, -0.15) is 0 Å². The second-order valence-corrected chi connectivity index (χ2v) is 5.63. The number of benzene rings is 1. The summed E-state index contributed by atoms with van der Waals surface area (Å²) >= 11 is 1.64. The molecule has 6 heteroatoms. The maximum absolute atomic E-state index is 11.4. The van der Waals surface area contributed by atoms with Crippen molar-refractivity contribution in [2.24, 2.45) is 0 Å². The minimum Gasteiger partial charge on any atom is -0.476 e. The average Bonchev–Trinajstić information content (AvgIpc) is 2.94. The van der Waals surface area contributed by atoms with E-state index in [1.807, 2.05) is 30.5 Å². The molecule has 0 amide bonds. The molecule has 0 aliphatic carbocycles. The summed E-state index contributed by atoms with van der Waals surface area (Å²) in [6, 6.07) is 7.88. The number of aromatic nitrogens is 3. The zero-order chi connectivity index (χ0) is 15.4. The minimum absolute atomic E-state index is 0.0539. The van der Waals surface area contributed by atoms with Gasteiger partial charge in [0, 0.05) is 10.8 Å². The Bertz CT molecular complexity index is 636. The summed E-state index contributed by atoms with van der Waals surface area (Å²) in [6.45, 7) is 4.10. The minimum atomic E-state index is -1.02. The van der Waals surface area contributed by atoms with Gasteiger partial charge in [0.1, 0.15) is 0 Å². The molecule has 5 nitrogen and oxygen atoms in total. The van der Waals surface area contributed by atoms with E-state index in [1.54, 1.807) is 16.4 Å². The van der Waals surface area contributed by atoms with E-state index in [9.17, 15) is 9.90 Å². The van der Waals surface area contributed by atoms with Crippen LogP contribution in [0.25, 0.3) is 5.69 Å². The highest BCUT2D eigenvalue weighted by atomic mass is 32.2. The van der Waals surface area contributed by atoms with E-state index in [-0.39, 0.29) is 11.6 Å².